The number of hydrogen-bond acceptors (Lipinski definition) is 4. The fourth-order valence-corrected chi connectivity index (χ4v) is 4.17. The van der Waals surface area contributed by atoms with Gasteiger partial charge in [-0.2, -0.15) is 26.3 Å². The van der Waals surface area contributed by atoms with Crippen LogP contribution in [0, 0.1) is 6.92 Å². The SMILES string of the molecule is Cc1cccc(C2=N[C@@H](N(CCC(F)(F)F)C(=O)CCC(=O)NCCC(F)(F)F)C(=O)Nc3c(Cl)cccc32)c1. The molecule has 0 radical (unpaired) electrons. The largest absolute Gasteiger partial charge is 0.390 e. The van der Waals surface area contributed by atoms with E-state index in [-0.39, 0.29) is 16.4 Å². The van der Waals surface area contributed by atoms with E-state index in [9.17, 15) is 40.7 Å². The molecule has 216 valence electrons. The fraction of sp³-hybridized carbons (Fsp3) is 0.385. The number of para-hydroxylation sites is 1. The first-order valence-electron chi connectivity index (χ1n) is 12.1. The summed E-state index contributed by atoms with van der Waals surface area (Å²) >= 11 is 6.32. The molecule has 3 amide bonds. The number of hydrogen-bond donors (Lipinski definition) is 2. The molecule has 1 heterocycles. The maximum Gasteiger partial charge on any atom is 0.390 e. The number of benzodiazepines with no additional fused rings is 1. The zero-order chi connectivity index (χ0) is 29.7. The number of nitrogens with one attached hydrogen (secondary N) is 2. The number of aliphatic imine (C=N–C) groups is 1. The lowest BCUT2D eigenvalue weighted by Gasteiger charge is -2.28. The normalized spacial score (nSPS) is 15.4. The molecule has 1 aliphatic heterocycles. The van der Waals surface area contributed by atoms with E-state index in [2.05, 4.69) is 10.3 Å². The van der Waals surface area contributed by atoms with E-state index < -0.39 is 75.0 Å². The second kappa shape index (κ2) is 12.7. The molecule has 0 aliphatic carbocycles. The van der Waals surface area contributed by atoms with Crippen LogP contribution in [0.4, 0.5) is 32.0 Å². The molecule has 3 rings (SSSR count). The third kappa shape index (κ3) is 8.70. The summed E-state index contributed by atoms with van der Waals surface area (Å²) in [5.74, 6) is -2.84. The van der Waals surface area contributed by atoms with Gasteiger partial charge in [-0.05, 0) is 19.1 Å². The second-order valence-corrected chi connectivity index (χ2v) is 9.45. The number of anilines is 1. The predicted molar refractivity (Wildman–Crippen MR) is 136 cm³/mol. The maximum absolute atomic E-state index is 13.3. The molecule has 7 nitrogen and oxygen atoms in total. The highest BCUT2D eigenvalue weighted by molar-refractivity contribution is 6.36. The lowest BCUT2D eigenvalue weighted by atomic mass is 9.99. The van der Waals surface area contributed by atoms with Crippen LogP contribution in [-0.4, -0.2) is 59.9 Å². The molecule has 14 heteroatoms. The van der Waals surface area contributed by atoms with Gasteiger partial charge in [-0.3, -0.25) is 14.4 Å². The Morgan fingerprint density at radius 3 is 2.35 bits per heavy atom. The van der Waals surface area contributed by atoms with Gasteiger partial charge in [-0.1, -0.05) is 47.5 Å². The molecule has 0 fully saturated rings. The topological polar surface area (TPSA) is 90.9 Å². The van der Waals surface area contributed by atoms with Crippen molar-refractivity contribution in [1.82, 2.24) is 10.2 Å². The summed E-state index contributed by atoms with van der Waals surface area (Å²) in [6, 6.07) is 11.6. The van der Waals surface area contributed by atoms with Gasteiger partial charge in [0.05, 0.1) is 29.3 Å². The van der Waals surface area contributed by atoms with Crippen molar-refractivity contribution in [3.8, 4) is 0 Å². The van der Waals surface area contributed by atoms with Crippen LogP contribution in [0.3, 0.4) is 0 Å². The zero-order valence-electron chi connectivity index (χ0n) is 21.1. The van der Waals surface area contributed by atoms with E-state index in [4.69, 9.17) is 11.6 Å². The van der Waals surface area contributed by atoms with Gasteiger partial charge in [0.2, 0.25) is 18.0 Å². The van der Waals surface area contributed by atoms with Crippen LogP contribution in [0.1, 0.15) is 42.4 Å². The first-order chi connectivity index (χ1) is 18.6. The standard InChI is InChI=1S/C26H25ClF6N4O3/c1-15-4-2-5-16(14-15)21-17-6-3-7-18(27)22(17)36-24(40)23(35-21)37(13-11-26(31,32)33)20(39)9-8-19(38)34-12-10-25(28,29)30/h2-7,14,23H,8-13H2,1H3,(H,34,38)(H,36,40)/t23-/m0/s1. The molecule has 2 N–H and O–H groups in total. The summed E-state index contributed by atoms with van der Waals surface area (Å²) in [6.45, 7) is 0.132. The molecule has 1 aliphatic rings. The highest BCUT2D eigenvalue weighted by Gasteiger charge is 2.37. The van der Waals surface area contributed by atoms with Crippen molar-refractivity contribution in [2.24, 2.45) is 4.99 Å². The van der Waals surface area contributed by atoms with Crippen molar-refractivity contribution in [1.29, 1.82) is 0 Å². The third-order valence-corrected chi connectivity index (χ3v) is 6.16. The molecule has 0 spiro atoms. The van der Waals surface area contributed by atoms with Crippen LogP contribution in [0.25, 0.3) is 0 Å². The molecular weight excluding hydrogens is 566 g/mol. The summed E-state index contributed by atoms with van der Waals surface area (Å²) in [7, 11) is 0. The van der Waals surface area contributed by atoms with Gasteiger partial charge in [-0.25, -0.2) is 4.99 Å². The van der Waals surface area contributed by atoms with Crippen LogP contribution in [0.2, 0.25) is 5.02 Å². The summed E-state index contributed by atoms with van der Waals surface area (Å²) in [4.78, 5) is 43.4. The Morgan fingerprint density at radius 2 is 1.70 bits per heavy atom. The number of halogens is 7. The minimum atomic E-state index is -4.69. The van der Waals surface area contributed by atoms with Crippen molar-refractivity contribution in [3.05, 3.63) is 64.2 Å². The van der Waals surface area contributed by atoms with Gasteiger partial charge in [0.25, 0.3) is 5.91 Å². The molecule has 0 unspecified atom stereocenters. The first kappa shape index (κ1) is 30.9. The van der Waals surface area contributed by atoms with E-state index in [0.717, 1.165) is 5.56 Å². The number of fused-ring (bicyclic) bond motifs is 1. The second-order valence-electron chi connectivity index (χ2n) is 9.04. The van der Waals surface area contributed by atoms with Gasteiger partial charge in [-0.15, -0.1) is 0 Å². The number of nitrogens with zero attached hydrogens (tertiary/aromatic N) is 2. The maximum atomic E-state index is 13.3. The van der Waals surface area contributed by atoms with E-state index in [1.165, 1.54) is 6.07 Å². The molecule has 2 aromatic carbocycles. The van der Waals surface area contributed by atoms with Crippen LogP contribution in [0.15, 0.2) is 47.5 Å². The average molecular weight is 591 g/mol. The molecule has 1 atom stereocenters. The van der Waals surface area contributed by atoms with Gasteiger partial charge in [0.1, 0.15) is 0 Å². The summed E-state index contributed by atoms with van der Waals surface area (Å²) in [5.41, 5.74) is 2.06. The third-order valence-electron chi connectivity index (χ3n) is 5.84. The highest BCUT2D eigenvalue weighted by Crippen LogP contribution is 2.32. The Balaban J connectivity index is 1.95. The first-order valence-corrected chi connectivity index (χ1v) is 12.5. The minimum Gasteiger partial charge on any atom is -0.356 e. The Bertz CT molecular complexity index is 1300. The van der Waals surface area contributed by atoms with Crippen molar-refractivity contribution < 1.29 is 40.7 Å². The number of carbonyl (C=O) groups excluding carboxylic acids is 3. The number of carbonyl (C=O) groups is 3. The van der Waals surface area contributed by atoms with Gasteiger partial charge < -0.3 is 15.5 Å². The van der Waals surface area contributed by atoms with Crippen molar-refractivity contribution >= 4 is 40.7 Å². The number of rotatable bonds is 9. The zero-order valence-corrected chi connectivity index (χ0v) is 21.9. The quantitative estimate of drug-likeness (QED) is 0.384. The Labute approximate surface area is 230 Å². The summed E-state index contributed by atoms with van der Waals surface area (Å²) in [5, 5.41) is 4.69. The Morgan fingerprint density at radius 1 is 1.02 bits per heavy atom. The molecular formula is C26H25ClF6N4O3. The van der Waals surface area contributed by atoms with E-state index in [1.54, 1.807) is 43.3 Å². The smallest absolute Gasteiger partial charge is 0.356 e. The highest BCUT2D eigenvalue weighted by atomic mass is 35.5. The molecule has 2 aromatic rings. The van der Waals surface area contributed by atoms with Crippen molar-refractivity contribution in [3.63, 3.8) is 0 Å². The van der Waals surface area contributed by atoms with Gasteiger partial charge >= 0.3 is 12.4 Å². The lowest BCUT2D eigenvalue weighted by molar-refractivity contribution is -0.151. The van der Waals surface area contributed by atoms with E-state index in [0.29, 0.717) is 16.0 Å². The number of aryl methyl sites for hydroxylation is 1. The van der Waals surface area contributed by atoms with Crippen LogP contribution < -0.4 is 10.6 Å². The Hall–Kier alpha value is -3.61. The fourth-order valence-electron chi connectivity index (χ4n) is 3.95. The minimum absolute atomic E-state index is 0.135. The average Bonchev–Trinajstić information content (AvgIpc) is 2.99. The molecule has 0 aromatic heterocycles. The molecule has 0 saturated heterocycles. The number of benzene rings is 2. The van der Waals surface area contributed by atoms with Crippen molar-refractivity contribution in [2.45, 2.75) is 51.1 Å². The van der Waals surface area contributed by atoms with Gasteiger partial charge in [0.15, 0.2) is 0 Å². The van der Waals surface area contributed by atoms with E-state index >= 15 is 0 Å². The van der Waals surface area contributed by atoms with Crippen LogP contribution in [-0.2, 0) is 14.4 Å². The monoisotopic (exact) mass is 590 g/mol. The molecule has 40 heavy (non-hydrogen) atoms. The number of alkyl halides is 6. The van der Waals surface area contributed by atoms with Crippen LogP contribution >= 0.6 is 11.6 Å². The molecule has 0 bridgehead atoms. The summed E-state index contributed by atoms with van der Waals surface area (Å²) < 4.78 is 76.5. The van der Waals surface area contributed by atoms with Crippen LogP contribution in [0.5, 0.6) is 0 Å². The van der Waals surface area contributed by atoms with Crippen molar-refractivity contribution in [2.75, 3.05) is 18.4 Å². The predicted octanol–water partition coefficient (Wildman–Crippen LogP) is 5.39. The molecule has 0 saturated carbocycles. The van der Waals surface area contributed by atoms with E-state index in [1.807, 2.05) is 5.32 Å². The summed E-state index contributed by atoms with van der Waals surface area (Å²) in [6.07, 6.45) is -15.0. The Kier molecular flexibility index (Phi) is 9.82. The number of amides is 3. The lowest BCUT2D eigenvalue weighted by Crippen LogP contribution is -2.47. The van der Waals surface area contributed by atoms with Gasteiger partial charge in [0, 0.05) is 37.1 Å².